The fraction of sp³-hybridized carbons (Fsp3) is 0.321. The first-order valence-electron chi connectivity index (χ1n) is 11.7. The van der Waals surface area contributed by atoms with Crippen molar-refractivity contribution in [2.75, 3.05) is 19.7 Å². The minimum absolute atomic E-state index is 0.150. The number of ketones is 1. The molecule has 1 fully saturated rings. The van der Waals surface area contributed by atoms with E-state index in [2.05, 4.69) is 35.9 Å². The Bertz CT molecular complexity index is 1120. The van der Waals surface area contributed by atoms with Gasteiger partial charge in [-0.25, -0.2) is 0 Å². The number of aliphatic hydroxyl groups is 1. The van der Waals surface area contributed by atoms with Crippen LogP contribution in [0.3, 0.4) is 0 Å². The van der Waals surface area contributed by atoms with E-state index in [4.69, 9.17) is 5.11 Å². The Labute approximate surface area is 200 Å². The molecule has 6 heteroatoms. The van der Waals surface area contributed by atoms with Crippen molar-refractivity contribution in [2.45, 2.75) is 38.9 Å². The topological polar surface area (TPSA) is 73.7 Å². The number of aliphatic hydroxyl groups excluding tert-OH is 1. The van der Waals surface area contributed by atoms with Crippen molar-refractivity contribution < 1.29 is 14.7 Å². The molecule has 1 N–H and O–H groups in total. The Morgan fingerprint density at radius 1 is 0.912 bits per heavy atom. The molecular weight excluding hydrogens is 426 g/mol. The number of rotatable bonds is 7. The van der Waals surface area contributed by atoms with Crippen LogP contribution in [0.5, 0.6) is 0 Å². The van der Waals surface area contributed by atoms with Crippen LogP contribution in [0.1, 0.15) is 35.3 Å². The molecule has 0 spiro atoms. The first-order chi connectivity index (χ1) is 16.4. The second-order valence-electron chi connectivity index (χ2n) is 9.06. The van der Waals surface area contributed by atoms with Gasteiger partial charge in [0.25, 0.3) is 0 Å². The van der Waals surface area contributed by atoms with E-state index in [0.717, 1.165) is 28.8 Å². The van der Waals surface area contributed by atoms with E-state index in [0.29, 0.717) is 25.1 Å². The van der Waals surface area contributed by atoms with Gasteiger partial charge >= 0.3 is 0 Å². The normalized spacial score (nSPS) is 18.6. The highest BCUT2D eigenvalue weighted by atomic mass is 16.3. The summed E-state index contributed by atoms with van der Waals surface area (Å²) >= 11 is 0. The number of carbonyl (C=O) groups is 2. The van der Waals surface area contributed by atoms with Gasteiger partial charge in [0.05, 0.1) is 6.42 Å². The highest BCUT2D eigenvalue weighted by Crippen LogP contribution is 2.22. The predicted octanol–water partition coefficient (Wildman–Crippen LogP) is 3.59. The number of benzene rings is 2. The highest BCUT2D eigenvalue weighted by Gasteiger charge is 2.31. The molecule has 6 nitrogen and oxygen atoms in total. The summed E-state index contributed by atoms with van der Waals surface area (Å²) in [5, 5.41) is 9.02. The van der Waals surface area contributed by atoms with Crippen molar-refractivity contribution in [1.82, 2.24) is 14.8 Å². The molecule has 0 radical (unpaired) electrons. The number of carbonyl (C=O) groups excluding carboxylic acids is 2. The summed E-state index contributed by atoms with van der Waals surface area (Å²) in [6.45, 7) is 5.97. The third kappa shape index (κ3) is 5.58. The number of hydrogen-bond acceptors (Lipinski definition) is 5. The quantitative estimate of drug-likeness (QED) is 0.549. The zero-order valence-corrected chi connectivity index (χ0v) is 19.7. The van der Waals surface area contributed by atoms with Gasteiger partial charge < -0.3 is 10.0 Å². The maximum atomic E-state index is 13.1. The Morgan fingerprint density at radius 2 is 1.59 bits per heavy atom. The second kappa shape index (κ2) is 10.7. The monoisotopic (exact) mass is 457 g/mol. The van der Waals surface area contributed by atoms with Crippen LogP contribution in [0.4, 0.5) is 0 Å². The van der Waals surface area contributed by atoms with E-state index >= 15 is 0 Å². The second-order valence-corrected chi connectivity index (χ2v) is 9.06. The van der Waals surface area contributed by atoms with E-state index in [9.17, 15) is 9.59 Å². The number of piperazine rings is 1. The number of aromatic nitrogens is 1. The summed E-state index contributed by atoms with van der Waals surface area (Å²) in [7, 11) is 0. The van der Waals surface area contributed by atoms with Gasteiger partial charge in [-0.1, -0.05) is 48.5 Å². The third-order valence-electron chi connectivity index (χ3n) is 6.53. The molecule has 1 aliphatic heterocycles. The lowest BCUT2D eigenvalue weighted by atomic mass is 10.0. The molecule has 0 saturated carbocycles. The van der Waals surface area contributed by atoms with E-state index in [-0.39, 0.29) is 23.8 Å². The third-order valence-corrected chi connectivity index (χ3v) is 6.53. The summed E-state index contributed by atoms with van der Waals surface area (Å²) in [6, 6.07) is 19.9. The molecule has 1 saturated heterocycles. The van der Waals surface area contributed by atoms with Crippen molar-refractivity contribution in [3.8, 4) is 11.1 Å². The van der Waals surface area contributed by atoms with Gasteiger partial charge in [-0.2, -0.15) is 0 Å². The Morgan fingerprint density at radius 3 is 2.24 bits per heavy atom. The van der Waals surface area contributed by atoms with E-state index < -0.39 is 6.61 Å². The van der Waals surface area contributed by atoms with Crippen molar-refractivity contribution in [2.24, 2.45) is 0 Å². The Hall–Kier alpha value is -3.35. The van der Waals surface area contributed by atoms with Crippen LogP contribution in [0.15, 0.2) is 73.1 Å². The van der Waals surface area contributed by atoms with Crippen LogP contribution in [0, 0.1) is 0 Å². The number of amides is 1. The lowest BCUT2D eigenvalue weighted by Gasteiger charge is -2.44. The number of pyridine rings is 1. The van der Waals surface area contributed by atoms with Crippen molar-refractivity contribution in [3.63, 3.8) is 0 Å². The average Bonchev–Trinajstić information content (AvgIpc) is 2.86. The molecule has 2 heterocycles. The highest BCUT2D eigenvalue weighted by molar-refractivity contribution is 5.96. The molecule has 0 bridgehead atoms. The number of Topliss-reactive ketones (excluding diaryl/α,β-unsaturated/α-hetero) is 1. The summed E-state index contributed by atoms with van der Waals surface area (Å²) in [5.74, 6) is -0.121. The first kappa shape index (κ1) is 23.8. The van der Waals surface area contributed by atoms with Crippen LogP contribution < -0.4 is 0 Å². The van der Waals surface area contributed by atoms with E-state index in [1.165, 1.54) is 0 Å². The van der Waals surface area contributed by atoms with E-state index in [1.54, 1.807) is 24.5 Å². The SMILES string of the molecule is C[C@@H]1CN(C(=O)Cc2cccc(-c3ccncc3)c2)C[C@H](C)N1Cc1ccc(C(=O)CO)cc1. The smallest absolute Gasteiger partial charge is 0.227 e. The summed E-state index contributed by atoms with van der Waals surface area (Å²) in [4.78, 5) is 33.2. The maximum absolute atomic E-state index is 13.1. The van der Waals surface area contributed by atoms with Crippen LogP contribution in [-0.4, -0.2) is 63.4 Å². The molecule has 4 rings (SSSR count). The maximum Gasteiger partial charge on any atom is 0.227 e. The molecule has 176 valence electrons. The zero-order chi connectivity index (χ0) is 24.1. The predicted molar refractivity (Wildman–Crippen MR) is 132 cm³/mol. The fourth-order valence-corrected chi connectivity index (χ4v) is 4.66. The van der Waals surface area contributed by atoms with Gasteiger partial charge in [0.2, 0.25) is 5.91 Å². The van der Waals surface area contributed by atoms with Crippen molar-refractivity contribution >= 4 is 11.7 Å². The molecule has 1 aliphatic rings. The minimum atomic E-state index is -0.475. The minimum Gasteiger partial charge on any atom is -0.388 e. The van der Waals surface area contributed by atoms with Crippen molar-refractivity contribution in [1.29, 1.82) is 0 Å². The molecule has 1 aromatic heterocycles. The van der Waals surface area contributed by atoms with Crippen LogP contribution in [-0.2, 0) is 17.8 Å². The molecule has 3 aromatic rings. The molecular formula is C28H31N3O3. The van der Waals surface area contributed by atoms with Gasteiger partial charge in [-0.3, -0.25) is 19.5 Å². The van der Waals surface area contributed by atoms with Gasteiger partial charge in [-0.15, -0.1) is 0 Å². The lowest BCUT2D eigenvalue weighted by Crippen LogP contribution is -2.57. The Balaban J connectivity index is 1.37. The summed E-state index contributed by atoms with van der Waals surface area (Å²) in [6.07, 6.45) is 3.94. The zero-order valence-electron chi connectivity index (χ0n) is 19.7. The standard InChI is InChI=1S/C28H31N3O3/c1-20-16-30(17-21(2)31(20)18-22-6-8-25(9-7-22)27(33)19-32)28(34)15-23-4-3-5-26(14-23)24-10-12-29-13-11-24/h3-14,20-21,32H,15-19H2,1-2H3/t20-,21+. The molecule has 2 atom stereocenters. The van der Waals surface area contributed by atoms with Crippen LogP contribution in [0.2, 0.25) is 0 Å². The van der Waals surface area contributed by atoms with Gasteiger partial charge in [0, 0.05) is 49.7 Å². The molecule has 0 aliphatic carbocycles. The lowest BCUT2D eigenvalue weighted by molar-refractivity contribution is -0.135. The molecule has 0 unspecified atom stereocenters. The molecule has 1 amide bonds. The number of nitrogens with zero attached hydrogens (tertiary/aromatic N) is 3. The van der Waals surface area contributed by atoms with Crippen molar-refractivity contribution in [3.05, 3.63) is 89.7 Å². The van der Waals surface area contributed by atoms with E-state index in [1.807, 2.05) is 41.3 Å². The molecule has 34 heavy (non-hydrogen) atoms. The van der Waals surface area contributed by atoms with Gasteiger partial charge in [0.15, 0.2) is 5.78 Å². The summed E-state index contributed by atoms with van der Waals surface area (Å²) < 4.78 is 0. The fourth-order valence-electron chi connectivity index (χ4n) is 4.66. The largest absolute Gasteiger partial charge is 0.388 e. The first-order valence-corrected chi connectivity index (χ1v) is 11.7. The average molecular weight is 458 g/mol. The number of hydrogen-bond donors (Lipinski definition) is 1. The van der Waals surface area contributed by atoms with Gasteiger partial charge in [0.1, 0.15) is 6.61 Å². The Kier molecular flexibility index (Phi) is 7.50. The van der Waals surface area contributed by atoms with Crippen LogP contribution >= 0.6 is 0 Å². The van der Waals surface area contributed by atoms with Crippen LogP contribution in [0.25, 0.3) is 11.1 Å². The molecule has 2 aromatic carbocycles. The van der Waals surface area contributed by atoms with Gasteiger partial charge in [-0.05, 0) is 48.2 Å². The summed E-state index contributed by atoms with van der Waals surface area (Å²) in [5.41, 5.74) is 4.83.